The minimum Gasteiger partial charge on any atom is -0.346 e. The third kappa shape index (κ3) is 5.26. The van der Waals surface area contributed by atoms with Crippen molar-refractivity contribution in [3.63, 3.8) is 0 Å². The van der Waals surface area contributed by atoms with Crippen LogP contribution in [-0.4, -0.2) is 28.5 Å². The topological polar surface area (TPSA) is 51.3 Å². The van der Waals surface area contributed by atoms with Crippen molar-refractivity contribution in [3.05, 3.63) is 107 Å². The number of halogens is 2. The first-order valence-electron chi connectivity index (χ1n) is 12.0. The zero-order valence-electron chi connectivity index (χ0n) is 19.7. The molecule has 182 valence electrons. The van der Waals surface area contributed by atoms with E-state index in [1.807, 2.05) is 41.4 Å². The highest BCUT2D eigenvalue weighted by atomic mass is 35.5. The van der Waals surface area contributed by atoms with Gasteiger partial charge in [0.25, 0.3) is 5.91 Å². The highest BCUT2D eigenvalue weighted by Crippen LogP contribution is 2.32. The fourth-order valence-corrected chi connectivity index (χ4v) is 5.09. The number of nitrogens with two attached hydrogens (primary N) is 1. The zero-order chi connectivity index (χ0) is 23.5. The van der Waals surface area contributed by atoms with Crippen LogP contribution < -0.4 is 5.73 Å². The van der Waals surface area contributed by atoms with E-state index in [1.165, 1.54) is 11.6 Å². The van der Waals surface area contributed by atoms with Gasteiger partial charge in [-0.3, -0.25) is 4.79 Å². The highest BCUT2D eigenvalue weighted by Gasteiger charge is 2.28. The monoisotopic (exact) mass is 491 g/mol. The molecule has 0 spiro atoms. The molecule has 1 fully saturated rings. The Morgan fingerprint density at radius 3 is 2.40 bits per heavy atom. The van der Waals surface area contributed by atoms with Crippen LogP contribution in [0.5, 0.6) is 0 Å². The van der Waals surface area contributed by atoms with Crippen LogP contribution in [-0.2, 0) is 19.5 Å². The van der Waals surface area contributed by atoms with Gasteiger partial charge < -0.3 is 15.2 Å². The van der Waals surface area contributed by atoms with Crippen molar-refractivity contribution in [2.75, 3.05) is 13.1 Å². The second-order valence-electron chi connectivity index (χ2n) is 9.12. The van der Waals surface area contributed by atoms with E-state index < -0.39 is 0 Å². The van der Waals surface area contributed by atoms with E-state index in [0.717, 1.165) is 53.4 Å². The van der Waals surface area contributed by atoms with E-state index in [1.54, 1.807) is 6.07 Å². The molecule has 6 heteroatoms. The summed E-state index contributed by atoms with van der Waals surface area (Å²) in [5, 5.41) is 0.990. The minimum atomic E-state index is -0.177. The van der Waals surface area contributed by atoms with Gasteiger partial charge in [-0.15, -0.1) is 12.4 Å². The molecule has 0 unspecified atom stereocenters. The molecule has 35 heavy (non-hydrogen) atoms. The lowest BCUT2D eigenvalue weighted by Crippen LogP contribution is -2.38. The zero-order valence-corrected chi connectivity index (χ0v) is 20.5. The standard InChI is InChI=1S/C29H30FN3O.ClH/c30-27-11-10-22(19-31)18-25(27)23-13-16-32(17-14-23)29(34)26-20-33(28-9-5-4-8-24(26)28)15-12-21-6-2-1-3-7-21;/h1-11,18,20,23H,12-17,19,31H2;1H. The number of hydrogen-bond donors (Lipinski definition) is 1. The summed E-state index contributed by atoms with van der Waals surface area (Å²) in [6.07, 6.45) is 4.42. The Bertz CT molecular complexity index is 1300. The number of piperidine rings is 1. The second-order valence-corrected chi connectivity index (χ2v) is 9.12. The molecule has 4 nitrogen and oxygen atoms in total. The molecule has 1 aliphatic rings. The van der Waals surface area contributed by atoms with Crippen molar-refractivity contribution in [3.8, 4) is 0 Å². The van der Waals surface area contributed by atoms with Gasteiger partial charge in [-0.25, -0.2) is 4.39 Å². The third-order valence-corrected chi connectivity index (χ3v) is 7.02. The van der Waals surface area contributed by atoms with E-state index in [2.05, 4.69) is 34.9 Å². The number of para-hydroxylation sites is 1. The van der Waals surface area contributed by atoms with Gasteiger partial charge in [0.1, 0.15) is 5.82 Å². The van der Waals surface area contributed by atoms with Crippen molar-refractivity contribution in [1.29, 1.82) is 0 Å². The predicted molar refractivity (Wildman–Crippen MR) is 142 cm³/mol. The number of amides is 1. The summed E-state index contributed by atoms with van der Waals surface area (Å²) in [5.74, 6) is -0.00415. The molecule has 0 aliphatic carbocycles. The summed E-state index contributed by atoms with van der Waals surface area (Å²) in [6, 6.07) is 23.7. The van der Waals surface area contributed by atoms with E-state index in [-0.39, 0.29) is 30.0 Å². The van der Waals surface area contributed by atoms with Gasteiger partial charge in [0.15, 0.2) is 0 Å². The average molecular weight is 492 g/mol. The fraction of sp³-hybridized carbons (Fsp3) is 0.276. The number of aryl methyl sites for hydroxylation is 2. The summed E-state index contributed by atoms with van der Waals surface area (Å²) < 4.78 is 16.6. The van der Waals surface area contributed by atoms with Crippen LogP contribution in [0.15, 0.2) is 79.0 Å². The van der Waals surface area contributed by atoms with E-state index >= 15 is 0 Å². The maximum atomic E-state index is 14.5. The number of rotatable bonds is 6. The maximum absolute atomic E-state index is 14.5. The molecule has 0 radical (unpaired) electrons. The summed E-state index contributed by atoms with van der Waals surface area (Å²) in [7, 11) is 0. The number of carbonyl (C=O) groups is 1. The Hall–Kier alpha value is -3.15. The molecule has 0 bridgehead atoms. The Morgan fingerprint density at radius 2 is 1.66 bits per heavy atom. The first kappa shape index (κ1) is 25.0. The molecule has 0 saturated carbocycles. The molecule has 1 amide bonds. The van der Waals surface area contributed by atoms with Gasteiger partial charge in [-0.2, -0.15) is 0 Å². The van der Waals surface area contributed by atoms with Crippen LogP contribution in [0.25, 0.3) is 10.9 Å². The van der Waals surface area contributed by atoms with Gasteiger partial charge in [0, 0.05) is 43.3 Å². The maximum Gasteiger partial charge on any atom is 0.256 e. The lowest BCUT2D eigenvalue weighted by atomic mass is 9.88. The van der Waals surface area contributed by atoms with Crippen molar-refractivity contribution in [2.45, 2.75) is 38.3 Å². The third-order valence-electron chi connectivity index (χ3n) is 7.02. The van der Waals surface area contributed by atoms with Gasteiger partial charge >= 0.3 is 0 Å². The molecule has 0 atom stereocenters. The Balaban J connectivity index is 0.00000289. The molecular weight excluding hydrogens is 461 g/mol. The van der Waals surface area contributed by atoms with Crippen LogP contribution in [0.2, 0.25) is 0 Å². The molecule has 5 rings (SSSR count). The van der Waals surface area contributed by atoms with Gasteiger partial charge in [-0.05, 0) is 54.0 Å². The van der Waals surface area contributed by atoms with Crippen molar-refractivity contribution < 1.29 is 9.18 Å². The lowest BCUT2D eigenvalue weighted by Gasteiger charge is -2.32. The summed E-state index contributed by atoms with van der Waals surface area (Å²) >= 11 is 0. The number of benzene rings is 3. The highest BCUT2D eigenvalue weighted by molar-refractivity contribution is 6.07. The Labute approximate surface area is 212 Å². The van der Waals surface area contributed by atoms with Crippen molar-refractivity contribution in [2.24, 2.45) is 5.73 Å². The van der Waals surface area contributed by atoms with Crippen LogP contribution in [0, 0.1) is 5.82 Å². The van der Waals surface area contributed by atoms with Gasteiger partial charge in [-0.1, -0.05) is 60.7 Å². The largest absolute Gasteiger partial charge is 0.346 e. The molecule has 1 aromatic heterocycles. The SMILES string of the molecule is Cl.NCc1ccc(F)c(C2CCN(C(=O)c3cn(CCc4ccccc4)c4ccccc34)CC2)c1. The van der Waals surface area contributed by atoms with E-state index in [4.69, 9.17) is 5.73 Å². The predicted octanol–water partition coefficient (Wildman–Crippen LogP) is 5.92. The Kier molecular flexibility index (Phi) is 7.89. The molecule has 1 saturated heterocycles. The molecule has 2 N–H and O–H groups in total. The van der Waals surface area contributed by atoms with E-state index in [0.29, 0.717) is 19.6 Å². The van der Waals surface area contributed by atoms with Crippen molar-refractivity contribution >= 4 is 29.2 Å². The number of aromatic nitrogens is 1. The number of fused-ring (bicyclic) bond motifs is 1. The minimum absolute atomic E-state index is 0. The van der Waals surface area contributed by atoms with Crippen LogP contribution >= 0.6 is 12.4 Å². The first-order chi connectivity index (χ1) is 16.6. The number of hydrogen-bond acceptors (Lipinski definition) is 2. The lowest BCUT2D eigenvalue weighted by molar-refractivity contribution is 0.0714. The molecule has 3 aromatic carbocycles. The molecule has 1 aliphatic heterocycles. The first-order valence-corrected chi connectivity index (χ1v) is 12.0. The normalized spacial score (nSPS) is 14.2. The number of carbonyl (C=O) groups excluding carboxylic acids is 1. The smallest absolute Gasteiger partial charge is 0.256 e. The average Bonchev–Trinajstić information content (AvgIpc) is 3.27. The van der Waals surface area contributed by atoms with Crippen LogP contribution in [0.1, 0.15) is 45.8 Å². The number of nitrogens with zero attached hydrogens (tertiary/aromatic N) is 2. The van der Waals surface area contributed by atoms with Crippen molar-refractivity contribution in [1.82, 2.24) is 9.47 Å². The summed E-state index contributed by atoms with van der Waals surface area (Å²) in [5.41, 5.74) is 10.5. The summed E-state index contributed by atoms with van der Waals surface area (Å²) in [4.78, 5) is 15.5. The molecule has 4 aromatic rings. The number of likely N-dealkylation sites (tertiary alicyclic amines) is 1. The van der Waals surface area contributed by atoms with Gasteiger partial charge in [0.2, 0.25) is 0 Å². The second kappa shape index (κ2) is 11.1. The van der Waals surface area contributed by atoms with Gasteiger partial charge in [0.05, 0.1) is 5.56 Å². The summed E-state index contributed by atoms with van der Waals surface area (Å²) in [6.45, 7) is 2.47. The van der Waals surface area contributed by atoms with Crippen LogP contribution in [0.3, 0.4) is 0 Å². The Morgan fingerprint density at radius 1 is 0.943 bits per heavy atom. The molecule has 2 heterocycles. The molecular formula is C29H31ClFN3O. The quantitative estimate of drug-likeness (QED) is 0.364. The van der Waals surface area contributed by atoms with E-state index in [9.17, 15) is 9.18 Å². The fourth-order valence-electron chi connectivity index (χ4n) is 5.09. The van der Waals surface area contributed by atoms with Crippen LogP contribution in [0.4, 0.5) is 4.39 Å².